The van der Waals surface area contributed by atoms with Crippen LogP contribution in [0.25, 0.3) is 5.69 Å². The summed E-state index contributed by atoms with van der Waals surface area (Å²) in [6.07, 6.45) is 0. The zero-order chi connectivity index (χ0) is 23.4. The standard InChI is InChI=1S/C24H19Cl3N4OS/c1-15-4-2-5-16(10-15)14-33-24-30-29-22(31(24)21-9-8-19(26)12-20(21)27)13-28-23(32)17-6-3-7-18(25)11-17/h2-12H,13-14H2,1H3,(H,28,32). The zero-order valence-electron chi connectivity index (χ0n) is 17.6. The van der Waals surface area contributed by atoms with Gasteiger partial charge in [-0.05, 0) is 48.9 Å². The monoisotopic (exact) mass is 516 g/mol. The maximum Gasteiger partial charge on any atom is 0.251 e. The summed E-state index contributed by atoms with van der Waals surface area (Å²) in [7, 11) is 0. The second-order valence-corrected chi connectivity index (χ2v) is 9.52. The number of benzene rings is 3. The number of aryl methyl sites for hydroxylation is 1. The number of nitrogens with one attached hydrogen (secondary N) is 1. The van der Waals surface area contributed by atoms with Crippen LogP contribution in [0.5, 0.6) is 0 Å². The van der Waals surface area contributed by atoms with Gasteiger partial charge in [0.25, 0.3) is 5.91 Å². The van der Waals surface area contributed by atoms with E-state index in [4.69, 9.17) is 34.8 Å². The molecule has 1 amide bonds. The molecule has 0 radical (unpaired) electrons. The van der Waals surface area contributed by atoms with Crippen molar-refractivity contribution in [1.82, 2.24) is 20.1 Å². The SMILES string of the molecule is Cc1cccc(CSc2nnc(CNC(=O)c3cccc(Cl)c3)n2-c2ccc(Cl)cc2Cl)c1. The van der Waals surface area contributed by atoms with E-state index in [1.165, 1.54) is 22.9 Å². The van der Waals surface area contributed by atoms with E-state index in [-0.39, 0.29) is 12.5 Å². The fourth-order valence-corrected chi connectivity index (χ4v) is 4.84. The van der Waals surface area contributed by atoms with Crippen molar-refractivity contribution in [3.05, 3.63) is 104 Å². The predicted molar refractivity (Wildman–Crippen MR) is 135 cm³/mol. The molecule has 1 heterocycles. The number of hydrogen-bond donors (Lipinski definition) is 1. The van der Waals surface area contributed by atoms with Crippen LogP contribution in [0.2, 0.25) is 15.1 Å². The molecule has 3 aromatic carbocycles. The molecule has 9 heteroatoms. The normalized spacial score (nSPS) is 10.9. The highest BCUT2D eigenvalue weighted by Crippen LogP contribution is 2.31. The third kappa shape index (κ3) is 5.89. The van der Waals surface area contributed by atoms with Gasteiger partial charge in [0.2, 0.25) is 0 Å². The molecule has 0 aliphatic carbocycles. The summed E-state index contributed by atoms with van der Waals surface area (Å²) >= 11 is 20.1. The number of amides is 1. The molecule has 0 aliphatic heterocycles. The topological polar surface area (TPSA) is 59.8 Å². The number of carbonyl (C=O) groups is 1. The average molecular weight is 518 g/mol. The van der Waals surface area contributed by atoms with Crippen molar-refractivity contribution in [2.45, 2.75) is 24.4 Å². The first-order valence-electron chi connectivity index (χ1n) is 10.0. The predicted octanol–water partition coefficient (Wildman–Crippen LogP) is 6.76. The van der Waals surface area contributed by atoms with E-state index in [2.05, 4.69) is 40.6 Å². The van der Waals surface area contributed by atoms with E-state index in [0.29, 0.717) is 43.1 Å². The Balaban J connectivity index is 1.61. The molecule has 0 aliphatic rings. The van der Waals surface area contributed by atoms with Crippen molar-refractivity contribution in [2.75, 3.05) is 0 Å². The van der Waals surface area contributed by atoms with E-state index in [9.17, 15) is 4.79 Å². The number of thioether (sulfide) groups is 1. The first-order valence-corrected chi connectivity index (χ1v) is 12.1. The van der Waals surface area contributed by atoms with Crippen LogP contribution in [0.3, 0.4) is 0 Å². The summed E-state index contributed by atoms with van der Waals surface area (Å²) in [4.78, 5) is 12.6. The Kier molecular flexibility index (Phi) is 7.60. The van der Waals surface area contributed by atoms with Gasteiger partial charge in [0, 0.05) is 21.4 Å². The number of nitrogens with zero attached hydrogens (tertiary/aromatic N) is 3. The smallest absolute Gasteiger partial charge is 0.251 e. The number of aromatic nitrogens is 3. The third-order valence-electron chi connectivity index (χ3n) is 4.80. The van der Waals surface area contributed by atoms with Crippen LogP contribution in [0, 0.1) is 6.92 Å². The lowest BCUT2D eigenvalue weighted by molar-refractivity contribution is 0.0949. The molecule has 0 saturated heterocycles. The highest BCUT2D eigenvalue weighted by Gasteiger charge is 2.18. The molecule has 0 saturated carbocycles. The lowest BCUT2D eigenvalue weighted by Crippen LogP contribution is -2.24. The Hall–Kier alpha value is -2.51. The molecule has 0 unspecified atom stereocenters. The van der Waals surface area contributed by atoms with Crippen molar-refractivity contribution >= 4 is 52.5 Å². The first kappa shape index (κ1) is 23.6. The third-order valence-corrected chi connectivity index (χ3v) is 6.57. The minimum atomic E-state index is -0.261. The summed E-state index contributed by atoms with van der Waals surface area (Å²) < 4.78 is 1.84. The van der Waals surface area contributed by atoms with Gasteiger partial charge in [0.05, 0.1) is 17.3 Å². The van der Waals surface area contributed by atoms with E-state index >= 15 is 0 Å². The summed E-state index contributed by atoms with van der Waals surface area (Å²) in [5.41, 5.74) is 3.52. The fraction of sp³-hybridized carbons (Fsp3) is 0.125. The van der Waals surface area contributed by atoms with Crippen molar-refractivity contribution in [1.29, 1.82) is 0 Å². The summed E-state index contributed by atoms with van der Waals surface area (Å²) in [5, 5.41) is 13.7. The van der Waals surface area contributed by atoms with Crippen LogP contribution in [0.4, 0.5) is 0 Å². The second kappa shape index (κ2) is 10.6. The number of hydrogen-bond acceptors (Lipinski definition) is 4. The molecule has 0 fully saturated rings. The van der Waals surface area contributed by atoms with Gasteiger partial charge in [-0.3, -0.25) is 9.36 Å². The Morgan fingerprint density at radius 1 is 0.970 bits per heavy atom. The van der Waals surface area contributed by atoms with E-state index in [0.717, 1.165) is 0 Å². The van der Waals surface area contributed by atoms with E-state index < -0.39 is 0 Å². The Morgan fingerprint density at radius 2 is 1.76 bits per heavy atom. The minimum Gasteiger partial charge on any atom is -0.345 e. The van der Waals surface area contributed by atoms with Crippen LogP contribution in [0.1, 0.15) is 27.3 Å². The van der Waals surface area contributed by atoms with Gasteiger partial charge >= 0.3 is 0 Å². The van der Waals surface area contributed by atoms with Crippen LogP contribution in [-0.4, -0.2) is 20.7 Å². The van der Waals surface area contributed by atoms with Crippen molar-refractivity contribution in [2.24, 2.45) is 0 Å². The van der Waals surface area contributed by atoms with Crippen LogP contribution >= 0.6 is 46.6 Å². The van der Waals surface area contributed by atoms with Crippen LogP contribution in [-0.2, 0) is 12.3 Å². The van der Waals surface area contributed by atoms with Gasteiger partial charge < -0.3 is 5.32 Å². The van der Waals surface area contributed by atoms with Gasteiger partial charge in [0.1, 0.15) is 0 Å². The molecular weight excluding hydrogens is 499 g/mol. The molecule has 168 valence electrons. The molecule has 0 bridgehead atoms. The van der Waals surface area contributed by atoms with Gasteiger partial charge in [-0.25, -0.2) is 0 Å². The fourth-order valence-electron chi connectivity index (χ4n) is 3.25. The number of halogens is 3. The molecule has 4 rings (SSSR count). The maximum atomic E-state index is 12.6. The molecular formula is C24H19Cl3N4OS. The summed E-state index contributed by atoms with van der Waals surface area (Å²) in [6, 6.07) is 20.3. The summed E-state index contributed by atoms with van der Waals surface area (Å²) in [5.74, 6) is 0.990. The number of rotatable bonds is 7. The number of carbonyl (C=O) groups excluding carboxylic acids is 1. The Bertz CT molecular complexity index is 1310. The van der Waals surface area contributed by atoms with Gasteiger partial charge in [0.15, 0.2) is 11.0 Å². The molecule has 1 aromatic heterocycles. The maximum absolute atomic E-state index is 12.6. The molecule has 5 nitrogen and oxygen atoms in total. The molecule has 0 spiro atoms. The Labute approximate surface area is 211 Å². The van der Waals surface area contributed by atoms with E-state index in [1.807, 2.05) is 16.7 Å². The quantitative estimate of drug-likeness (QED) is 0.275. The van der Waals surface area contributed by atoms with Gasteiger partial charge in [-0.2, -0.15) is 0 Å². The van der Waals surface area contributed by atoms with Crippen molar-refractivity contribution in [3.8, 4) is 5.69 Å². The van der Waals surface area contributed by atoms with Gasteiger partial charge in [-0.1, -0.05) is 82.5 Å². The molecule has 1 N–H and O–H groups in total. The molecule has 4 aromatic rings. The lowest BCUT2D eigenvalue weighted by Gasteiger charge is -2.13. The highest BCUT2D eigenvalue weighted by atomic mass is 35.5. The average Bonchev–Trinajstić information content (AvgIpc) is 3.18. The first-order chi connectivity index (χ1) is 15.9. The zero-order valence-corrected chi connectivity index (χ0v) is 20.6. The van der Waals surface area contributed by atoms with Crippen LogP contribution in [0.15, 0.2) is 71.9 Å². The highest BCUT2D eigenvalue weighted by molar-refractivity contribution is 7.98. The second-order valence-electron chi connectivity index (χ2n) is 7.30. The van der Waals surface area contributed by atoms with E-state index in [1.54, 1.807) is 36.4 Å². The molecule has 0 atom stereocenters. The summed E-state index contributed by atoms with van der Waals surface area (Å²) in [6.45, 7) is 2.22. The largest absolute Gasteiger partial charge is 0.345 e. The minimum absolute atomic E-state index is 0.155. The Morgan fingerprint density at radius 3 is 2.52 bits per heavy atom. The van der Waals surface area contributed by atoms with Crippen molar-refractivity contribution < 1.29 is 4.79 Å². The van der Waals surface area contributed by atoms with Crippen LogP contribution < -0.4 is 5.32 Å². The van der Waals surface area contributed by atoms with Crippen molar-refractivity contribution in [3.63, 3.8) is 0 Å². The lowest BCUT2D eigenvalue weighted by atomic mass is 10.2. The van der Waals surface area contributed by atoms with Gasteiger partial charge in [-0.15, -0.1) is 10.2 Å². The molecule has 33 heavy (non-hydrogen) atoms.